The van der Waals surface area contributed by atoms with Crippen LogP contribution in [0.1, 0.15) is 18.7 Å². The molecule has 6 heteroatoms. The van der Waals surface area contributed by atoms with E-state index in [1.54, 1.807) is 18.6 Å². The zero-order valence-corrected chi connectivity index (χ0v) is 9.50. The maximum atomic E-state index is 5.30. The normalized spacial score (nSPS) is 24.1. The molecule has 1 aliphatic rings. The zero-order chi connectivity index (χ0) is 11.7. The second-order valence-corrected chi connectivity index (χ2v) is 4.29. The van der Waals surface area contributed by atoms with E-state index >= 15 is 0 Å². The van der Waals surface area contributed by atoms with Gasteiger partial charge in [0, 0.05) is 18.9 Å². The molecule has 2 atom stereocenters. The molecule has 2 unspecified atom stereocenters. The first kappa shape index (κ1) is 10.3. The average Bonchev–Trinajstić information content (AvgIpc) is 2.98. The summed E-state index contributed by atoms with van der Waals surface area (Å²) in [7, 11) is 0. The van der Waals surface area contributed by atoms with Crippen molar-refractivity contribution in [3.8, 4) is 11.5 Å². The molecule has 1 N–H and O–H groups in total. The second kappa shape index (κ2) is 4.21. The first-order valence-corrected chi connectivity index (χ1v) is 5.65. The molecule has 2 aromatic heterocycles. The minimum Gasteiger partial charge on any atom is -0.339 e. The Morgan fingerprint density at radius 3 is 3.00 bits per heavy atom. The van der Waals surface area contributed by atoms with Crippen molar-refractivity contribution in [1.29, 1.82) is 0 Å². The van der Waals surface area contributed by atoms with Crippen LogP contribution in [0.5, 0.6) is 0 Å². The van der Waals surface area contributed by atoms with Crippen molar-refractivity contribution in [2.45, 2.75) is 12.8 Å². The van der Waals surface area contributed by atoms with Crippen LogP contribution in [0.4, 0.5) is 0 Å². The van der Waals surface area contributed by atoms with Gasteiger partial charge in [-0.1, -0.05) is 12.1 Å². The lowest BCUT2D eigenvalue weighted by Crippen LogP contribution is -2.08. The molecule has 2 aromatic rings. The van der Waals surface area contributed by atoms with E-state index in [0.29, 0.717) is 29.2 Å². The molecule has 1 aliphatic heterocycles. The number of hydrogen-bond acceptors (Lipinski definition) is 6. The highest BCUT2D eigenvalue weighted by Gasteiger charge is 2.29. The molecule has 0 saturated carbocycles. The molecular formula is C11H13N5O. The Morgan fingerprint density at radius 2 is 2.29 bits per heavy atom. The highest BCUT2D eigenvalue weighted by atomic mass is 16.5. The lowest BCUT2D eigenvalue weighted by molar-refractivity contribution is 0.340. The van der Waals surface area contributed by atoms with Gasteiger partial charge in [-0.05, 0) is 12.5 Å². The quantitative estimate of drug-likeness (QED) is 0.825. The van der Waals surface area contributed by atoms with Crippen molar-refractivity contribution in [2.75, 3.05) is 13.1 Å². The minimum atomic E-state index is 0.299. The molecular weight excluding hydrogens is 218 g/mol. The van der Waals surface area contributed by atoms with E-state index in [4.69, 9.17) is 4.52 Å². The number of nitrogens with zero attached hydrogens (tertiary/aromatic N) is 4. The van der Waals surface area contributed by atoms with Crippen LogP contribution in [0.3, 0.4) is 0 Å². The summed E-state index contributed by atoms with van der Waals surface area (Å²) < 4.78 is 5.30. The van der Waals surface area contributed by atoms with Crippen LogP contribution in [0.2, 0.25) is 0 Å². The van der Waals surface area contributed by atoms with Crippen molar-refractivity contribution >= 4 is 0 Å². The molecule has 1 saturated heterocycles. The highest BCUT2D eigenvalue weighted by molar-refractivity contribution is 5.45. The molecule has 0 radical (unpaired) electrons. The van der Waals surface area contributed by atoms with Gasteiger partial charge >= 0.3 is 0 Å². The maximum Gasteiger partial charge on any atom is 0.231 e. The van der Waals surface area contributed by atoms with Gasteiger partial charge in [0.25, 0.3) is 0 Å². The summed E-state index contributed by atoms with van der Waals surface area (Å²) in [4.78, 5) is 12.5. The van der Waals surface area contributed by atoms with Gasteiger partial charge in [-0.3, -0.25) is 4.98 Å². The third kappa shape index (κ3) is 1.91. The van der Waals surface area contributed by atoms with Gasteiger partial charge in [0.05, 0.1) is 12.1 Å². The van der Waals surface area contributed by atoms with Gasteiger partial charge in [-0.15, -0.1) is 0 Å². The van der Waals surface area contributed by atoms with Crippen LogP contribution in [0.15, 0.2) is 23.1 Å². The molecule has 0 amide bonds. The van der Waals surface area contributed by atoms with Crippen molar-refractivity contribution in [1.82, 2.24) is 25.4 Å². The van der Waals surface area contributed by atoms with Crippen LogP contribution < -0.4 is 5.32 Å². The van der Waals surface area contributed by atoms with Gasteiger partial charge in [0.2, 0.25) is 11.7 Å². The predicted octanol–water partition coefficient (Wildman–Crippen LogP) is 0.849. The van der Waals surface area contributed by atoms with E-state index < -0.39 is 0 Å². The van der Waals surface area contributed by atoms with Gasteiger partial charge in [0.1, 0.15) is 5.69 Å². The van der Waals surface area contributed by atoms with E-state index in [9.17, 15) is 0 Å². The van der Waals surface area contributed by atoms with Gasteiger partial charge < -0.3 is 9.84 Å². The standard InChI is InChI=1S/C11H13N5O/c1-7-4-13-5-8(7)11-15-10(16-17-11)9-6-12-2-3-14-9/h2-3,6-8,13H,4-5H2,1H3. The number of aromatic nitrogens is 4. The van der Waals surface area contributed by atoms with E-state index in [0.717, 1.165) is 13.1 Å². The Labute approximate surface area is 98.5 Å². The topological polar surface area (TPSA) is 76.7 Å². The van der Waals surface area contributed by atoms with E-state index in [2.05, 4.69) is 32.3 Å². The molecule has 0 aliphatic carbocycles. The zero-order valence-electron chi connectivity index (χ0n) is 9.50. The Balaban J connectivity index is 1.88. The number of nitrogens with one attached hydrogen (secondary N) is 1. The van der Waals surface area contributed by atoms with E-state index in [-0.39, 0.29) is 0 Å². The average molecular weight is 231 g/mol. The first-order chi connectivity index (χ1) is 8.34. The Morgan fingerprint density at radius 1 is 1.35 bits per heavy atom. The summed E-state index contributed by atoms with van der Waals surface area (Å²) >= 11 is 0. The minimum absolute atomic E-state index is 0.299. The summed E-state index contributed by atoms with van der Waals surface area (Å²) in [5.74, 6) is 2.01. The summed E-state index contributed by atoms with van der Waals surface area (Å²) in [5, 5.41) is 7.26. The van der Waals surface area contributed by atoms with Crippen molar-refractivity contribution in [3.05, 3.63) is 24.5 Å². The van der Waals surface area contributed by atoms with Crippen LogP contribution in [0, 0.1) is 5.92 Å². The largest absolute Gasteiger partial charge is 0.339 e. The lowest BCUT2D eigenvalue weighted by Gasteiger charge is -2.07. The lowest BCUT2D eigenvalue weighted by atomic mass is 9.98. The van der Waals surface area contributed by atoms with Crippen LogP contribution in [-0.4, -0.2) is 33.2 Å². The fourth-order valence-electron chi connectivity index (χ4n) is 2.05. The Kier molecular flexibility index (Phi) is 2.56. The highest BCUT2D eigenvalue weighted by Crippen LogP contribution is 2.27. The van der Waals surface area contributed by atoms with Crippen LogP contribution in [0.25, 0.3) is 11.5 Å². The summed E-state index contributed by atoms with van der Waals surface area (Å²) in [6, 6.07) is 0. The molecule has 3 heterocycles. The molecule has 88 valence electrons. The first-order valence-electron chi connectivity index (χ1n) is 5.65. The fraction of sp³-hybridized carbons (Fsp3) is 0.455. The molecule has 0 bridgehead atoms. The number of hydrogen-bond donors (Lipinski definition) is 1. The van der Waals surface area contributed by atoms with E-state index in [1.807, 2.05) is 0 Å². The van der Waals surface area contributed by atoms with Crippen molar-refractivity contribution in [3.63, 3.8) is 0 Å². The second-order valence-electron chi connectivity index (χ2n) is 4.29. The van der Waals surface area contributed by atoms with Gasteiger partial charge in [-0.25, -0.2) is 4.98 Å². The summed E-state index contributed by atoms with van der Waals surface area (Å²) in [6.45, 7) is 4.06. The molecule has 0 spiro atoms. The summed E-state index contributed by atoms with van der Waals surface area (Å²) in [6.07, 6.45) is 4.86. The molecule has 1 fully saturated rings. The predicted molar refractivity (Wildman–Crippen MR) is 60.1 cm³/mol. The SMILES string of the molecule is CC1CNCC1c1nc(-c2cnccn2)no1. The number of rotatable bonds is 2. The maximum absolute atomic E-state index is 5.30. The third-order valence-electron chi connectivity index (χ3n) is 3.07. The molecule has 6 nitrogen and oxygen atoms in total. The van der Waals surface area contributed by atoms with Crippen LogP contribution >= 0.6 is 0 Å². The van der Waals surface area contributed by atoms with Crippen molar-refractivity contribution < 1.29 is 4.52 Å². The monoisotopic (exact) mass is 231 g/mol. The molecule has 0 aromatic carbocycles. The van der Waals surface area contributed by atoms with Crippen molar-refractivity contribution in [2.24, 2.45) is 5.92 Å². The van der Waals surface area contributed by atoms with E-state index in [1.165, 1.54) is 0 Å². The fourth-order valence-corrected chi connectivity index (χ4v) is 2.05. The summed E-state index contributed by atoms with van der Waals surface area (Å²) in [5.41, 5.74) is 0.640. The van der Waals surface area contributed by atoms with Gasteiger partial charge in [-0.2, -0.15) is 4.98 Å². The van der Waals surface area contributed by atoms with Gasteiger partial charge in [0.15, 0.2) is 0 Å². The Hall–Kier alpha value is -1.82. The third-order valence-corrected chi connectivity index (χ3v) is 3.07. The van der Waals surface area contributed by atoms with Crippen LogP contribution in [-0.2, 0) is 0 Å². The molecule has 17 heavy (non-hydrogen) atoms. The smallest absolute Gasteiger partial charge is 0.231 e. The molecule has 3 rings (SSSR count). The Bertz CT molecular complexity index is 498.